The molecule has 0 aliphatic carbocycles. The highest BCUT2D eigenvalue weighted by Gasteiger charge is 2.39. The highest BCUT2D eigenvalue weighted by Crippen LogP contribution is 2.38. The fourth-order valence-electron chi connectivity index (χ4n) is 9.43. The van der Waals surface area contributed by atoms with Crippen molar-refractivity contribution < 1.29 is 47.0 Å². The average Bonchev–Trinajstić information content (AvgIpc) is 3.34. The second kappa shape index (κ2) is 19.2. The Morgan fingerprint density at radius 3 is 1.37 bits per heavy atom. The lowest BCUT2D eigenvalue weighted by Crippen LogP contribution is -2.46. The van der Waals surface area contributed by atoms with Crippen LogP contribution in [0.1, 0.15) is 102 Å². The van der Waals surface area contributed by atoms with Gasteiger partial charge in [-0.3, -0.25) is 28.8 Å². The Bertz CT molecular complexity index is 3090. The van der Waals surface area contributed by atoms with E-state index in [0.717, 1.165) is 72.5 Å². The number of nitrogens with zero attached hydrogens (tertiary/aromatic N) is 4. The van der Waals surface area contributed by atoms with Gasteiger partial charge >= 0.3 is 0 Å². The summed E-state index contributed by atoms with van der Waals surface area (Å²) in [6, 6.07) is 18.7. The topological polar surface area (TPSA) is 183 Å². The predicted octanol–water partition coefficient (Wildman–Crippen LogP) is 7.91. The summed E-state index contributed by atoms with van der Waals surface area (Å²) in [6.07, 6.45) is 7.00. The SMILES string of the molecule is O=C(NCc1ccc(F)c(Cl)c1F)c1cn2c(c(O)c1=O)C(=O)N1C[C@@H]2CCCc2ccccc21.O=C(NCc1ccc(F)c(Cl)c1F)c1cn2c(c(O)c1=O)C(=O)N1C[C@H]2CCCc2ccccc21. The number of anilines is 2. The van der Waals surface area contributed by atoms with Crippen LogP contribution in [0, 0.1) is 23.3 Å². The molecule has 4 aliphatic heterocycles. The molecule has 4 amide bonds. The van der Waals surface area contributed by atoms with E-state index in [0.29, 0.717) is 25.9 Å². The fraction of sp³-hybridized carbons (Fsp3) is 0.240. The minimum atomic E-state index is -1.02. The number of fused-ring (bicyclic) bond motifs is 12. The number of aryl methyl sites for hydroxylation is 2. The Morgan fingerprint density at radius 1 is 0.586 bits per heavy atom. The number of halogens is 6. The summed E-state index contributed by atoms with van der Waals surface area (Å²) in [6.45, 7) is -0.0733. The Balaban J connectivity index is 0.000000174. The van der Waals surface area contributed by atoms with Gasteiger partial charge in [-0.2, -0.15) is 0 Å². The van der Waals surface area contributed by atoms with E-state index in [2.05, 4.69) is 10.6 Å². The highest BCUT2D eigenvalue weighted by atomic mass is 35.5. The molecule has 0 fully saturated rings. The summed E-state index contributed by atoms with van der Waals surface area (Å²) >= 11 is 11.2. The Hall–Kier alpha value is -7.44. The lowest BCUT2D eigenvalue weighted by atomic mass is 9.95. The van der Waals surface area contributed by atoms with E-state index in [-0.39, 0.29) is 58.8 Å². The summed E-state index contributed by atoms with van der Waals surface area (Å²) < 4.78 is 58.1. The zero-order chi connectivity index (χ0) is 49.7. The second-order valence-electron chi connectivity index (χ2n) is 17.2. The van der Waals surface area contributed by atoms with E-state index in [1.165, 1.54) is 21.5 Å². The summed E-state index contributed by atoms with van der Waals surface area (Å²) in [5, 5.41) is 24.9. The summed E-state index contributed by atoms with van der Waals surface area (Å²) in [5.41, 5.74) is 0.227. The third kappa shape index (κ3) is 8.54. The molecule has 14 nitrogen and oxygen atoms in total. The molecule has 0 spiro atoms. The molecule has 360 valence electrons. The van der Waals surface area contributed by atoms with Crippen molar-refractivity contribution in [1.82, 2.24) is 19.8 Å². The molecule has 0 radical (unpaired) electrons. The third-order valence-corrected chi connectivity index (χ3v) is 13.7. The molecule has 10 rings (SSSR count). The van der Waals surface area contributed by atoms with Crippen molar-refractivity contribution >= 4 is 58.2 Å². The molecule has 2 aromatic heterocycles. The number of nitrogens with one attached hydrogen (secondary N) is 2. The van der Waals surface area contributed by atoms with Gasteiger partial charge in [0.2, 0.25) is 10.9 Å². The van der Waals surface area contributed by atoms with Gasteiger partial charge in [0, 0.05) is 61.1 Å². The van der Waals surface area contributed by atoms with Crippen LogP contribution in [-0.4, -0.2) is 56.1 Å². The molecule has 4 N–H and O–H groups in total. The first kappa shape index (κ1) is 47.6. The van der Waals surface area contributed by atoms with Crippen LogP contribution in [0.3, 0.4) is 0 Å². The maximum Gasteiger partial charge on any atom is 0.279 e. The van der Waals surface area contributed by atoms with Crippen molar-refractivity contribution in [3.8, 4) is 11.5 Å². The lowest BCUT2D eigenvalue weighted by molar-refractivity contribution is 0.0927. The van der Waals surface area contributed by atoms with Gasteiger partial charge in [0.05, 0.1) is 12.1 Å². The van der Waals surface area contributed by atoms with E-state index < -0.39 is 79.3 Å². The smallest absolute Gasteiger partial charge is 0.279 e. The predicted molar refractivity (Wildman–Crippen MR) is 250 cm³/mol. The molecule has 4 bridgehead atoms. The number of aromatic hydroxyl groups is 2. The first-order valence-corrected chi connectivity index (χ1v) is 22.9. The van der Waals surface area contributed by atoms with Crippen molar-refractivity contribution in [3.05, 3.63) is 184 Å². The Kier molecular flexibility index (Phi) is 13.0. The van der Waals surface area contributed by atoms with Crippen molar-refractivity contribution in [3.63, 3.8) is 0 Å². The maximum atomic E-state index is 14.2. The number of para-hydroxylation sites is 2. The molecule has 2 atom stereocenters. The lowest BCUT2D eigenvalue weighted by Gasteiger charge is -2.39. The van der Waals surface area contributed by atoms with Crippen LogP contribution < -0.4 is 31.3 Å². The molecule has 4 aromatic carbocycles. The average molecular weight is 1000 g/mol. The van der Waals surface area contributed by atoms with Crippen LogP contribution in [0.25, 0.3) is 0 Å². The van der Waals surface area contributed by atoms with Crippen molar-refractivity contribution in [2.24, 2.45) is 0 Å². The second-order valence-corrected chi connectivity index (χ2v) is 17.9. The zero-order valence-corrected chi connectivity index (χ0v) is 38.2. The van der Waals surface area contributed by atoms with Gasteiger partial charge in [-0.1, -0.05) is 71.7 Å². The number of carbonyl (C=O) groups excluding carboxylic acids is 4. The van der Waals surface area contributed by atoms with Gasteiger partial charge in [-0.15, -0.1) is 0 Å². The first-order valence-electron chi connectivity index (χ1n) is 22.1. The van der Waals surface area contributed by atoms with Crippen LogP contribution >= 0.6 is 23.2 Å². The summed E-state index contributed by atoms with van der Waals surface area (Å²) in [5.74, 6) is -8.32. The standard InChI is InChI=1S/2C25H20ClF2N3O4/c2*26-19-17(27)9-8-14(20(19)28)10-29-24(34)16-12-30-15-6-3-5-13-4-1-2-7-18(13)31(11-15)25(35)21(30)23(33)22(16)32/h2*1-2,4,7-9,12,15,33H,3,5-6,10-11H2,(H,29,34)/t2*15-/m10/s1. The molecule has 0 saturated heterocycles. The summed E-state index contributed by atoms with van der Waals surface area (Å²) in [4.78, 5) is 81.2. The number of hydrogen-bond donors (Lipinski definition) is 4. The quantitative estimate of drug-likeness (QED) is 0.0959. The van der Waals surface area contributed by atoms with E-state index >= 15 is 0 Å². The molecule has 0 unspecified atom stereocenters. The molecule has 6 heterocycles. The fourth-order valence-corrected chi connectivity index (χ4v) is 9.80. The summed E-state index contributed by atoms with van der Waals surface area (Å²) in [7, 11) is 0. The molecular formula is C50H40Cl2F4N6O8. The zero-order valence-electron chi connectivity index (χ0n) is 36.7. The molecule has 20 heteroatoms. The van der Waals surface area contributed by atoms with Crippen LogP contribution in [0.15, 0.2) is 94.8 Å². The maximum absolute atomic E-state index is 14.2. The van der Waals surface area contributed by atoms with Gasteiger partial charge in [0.15, 0.2) is 22.9 Å². The molecule has 6 aromatic rings. The largest absolute Gasteiger partial charge is 0.503 e. The number of amides is 4. The van der Waals surface area contributed by atoms with Crippen LogP contribution in [0.4, 0.5) is 28.9 Å². The molecule has 70 heavy (non-hydrogen) atoms. The number of rotatable bonds is 6. The van der Waals surface area contributed by atoms with Gasteiger partial charge in [-0.25, -0.2) is 17.6 Å². The Labute approximate surface area is 405 Å². The molecule has 0 saturated carbocycles. The first-order chi connectivity index (χ1) is 33.5. The number of benzene rings is 4. The number of carbonyl (C=O) groups is 4. The van der Waals surface area contributed by atoms with Gasteiger partial charge in [0.1, 0.15) is 44.4 Å². The van der Waals surface area contributed by atoms with Crippen molar-refractivity contribution in [1.29, 1.82) is 0 Å². The highest BCUT2D eigenvalue weighted by molar-refractivity contribution is 6.31. The number of aromatic nitrogens is 2. The Morgan fingerprint density at radius 2 is 0.971 bits per heavy atom. The van der Waals surface area contributed by atoms with E-state index in [4.69, 9.17) is 23.2 Å². The van der Waals surface area contributed by atoms with Crippen molar-refractivity contribution in [2.75, 3.05) is 22.9 Å². The van der Waals surface area contributed by atoms with E-state index in [1.54, 1.807) is 9.80 Å². The number of pyridine rings is 2. The van der Waals surface area contributed by atoms with E-state index in [9.17, 15) is 56.5 Å². The van der Waals surface area contributed by atoms with Gasteiger partial charge in [0.25, 0.3) is 23.6 Å². The van der Waals surface area contributed by atoms with Gasteiger partial charge < -0.3 is 39.8 Å². The van der Waals surface area contributed by atoms with E-state index in [1.807, 2.05) is 48.5 Å². The minimum Gasteiger partial charge on any atom is -0.503 e. The molecular weight excluding hydrogens is 959 g/mol. The van der Waals surface area contributed by atoms with Crippen LogP contribution in [0.2, 0.25) is 10.0 Å². The van der Waals surface area contributed by atoms with Crippen LogP contribution in [0.5, 0.6) is 11.5 Å². The normalized spacial score (nSPS) is 16.7. The minimum absolute atomic E-state index is 0.0727. The monoisotopic (exact) mass is 998 g/mol. The van der Waals surface area contributed by atoms with Crippen LogP contribution in [-0.2, 0) is 25.9 Å². The van der Waals surface area contributed by atoms with Gasteiger partial charge in [-0.05, 0) is 73.9 Å². The van der Waals surface area contributed by atoms with Crippen molar-refractivity contribution in [2.45, 2.75) is 63.7 Å². The third-order valence-electron chi connectivity index (χ3n) is 13.0. The molecule has 4 aliphatic rings. The number of hydrogen-bond acceptors (Lipinski definition) is 8.